The van der Waals surface area contributed by atoms with Crippen molar-refractivity contribution in [3.05, 3.63) is 11.3 Å². The molecule has 0 aromatic rings. The highest BCUT2D eigenvalue weighted by molar-refractivity contribution is 8.13. The molecule has 5 nitrogen and oxygen atoms in total. The van der Waals surface area contributed by atoms with Crippen molar-refractivity contribution in [1.29, 1.82) is 0 Å². The van der Waals surface area contributed by atoms with Crippen molar-refractivity contribution in [2.75, 3.05) is 0 Å². The van der Waals surface area contributed by atoms with Crippen LogP contribution in [0.2, 0.25) is 0 Å². The number of likely N-dealkylation sites (tertiary alicyclic amines) is 1. The summed E-state index contributed by atoms with van der Waals surface area (Å²) < 4.78 is 0. The molecule has 0 aliphatic carbocycles. The van der Waals surface area contributed by atoms with Gasteiger partial charge in [0, 0.05) is 0 Å². The molecule has 2 rings (SSSR count). The minimum atomic E-state index is -1.06. The third kappa shape index (κ3) is 1.36. The Labute approximate surface area is 90.9 Å². The third-order valence-corrected chi connectivity index (χ3v) is 3.34. The molecular formula is C9H10N2O3S. The maximum Gasteiger partial charge on any atom is 0.352 e. The predicted molar refractivity (Wildman–Crippen MR) is 56.5 cm³/mol. The van der Waals surface area contributed by atoms with E-state index in [0.717, 1.165) is 0 Å². The first-order valence-corrected chi connectivity index (χ1v) is 5.39. The fourth-order valence-electron chi connectivity index (χ4n) is 1.68. The summed E-state index contributed by atoms with van der Waals surface area (Å²) in [5.41, 5.74) is 2.32. The molecule has 1 amide bonds. The van der Waals surface area contributed by atoms with Crippen molar-refractivity contribution >= 4 is 29.2 Å². The van der Waals surface area contributed by atoms with E-state index in [1.165, 1.54) is 16.7 Å². The van der Waals surface area contributed by atoms with Gasteiger partial charge in [0.2, 0.25) is 0 Å². The molecule has 1 N–H and O–H groups in total. The molecular weight excluding hydrogens is 216 g/mol. The lowest BCUT2D eigenvalue weighted by atomic mass is 10.1. The zero-order chi connectivity index (χ0) is 11.2. The van der Waals surface area contributed by atoms with Gasteiger partial charge < -0.3 is 5.11 Å². The van der Waals surface area contributed by atoms with Crippen molar-refractivity contribution in [3.8, 4) is 0 Å². The molecule has 0 bridgehead atoms. The van der Waals surface area contributed by atoms with E-state index >= 15 is 0 Å². The Morgan fingerprint density at radius 3 is 2.80 bits per heavy atom. The molecule has 2 unspecified atom stereocenters. The Morgan fingerprint density at radius 2 is 2.27 bits per heavy atom. The number of nitrogens with zero attached hydrogens (tertiary/aromatic N) is 2. The van der Waals surface area contributed by atoms with Crippen LogP contribution in [0, 0.1) is 0 Å². The Kier molecular flexibility index (Phi) is 2.30. The van der Waals surface area contributed by atoms with Gasteiger partial charge in [-0.05, 0) is 19.4 Å². The second-order valence-electron chi connectivity index (χ2n) is 3.59. The molecule has 2 atom stereocenters. The van der Waals surface area contributed by atoms with E-state index in [2.05, 4.69) is 4.99 Å². The molecule has 1 fully saturated rings. The van der Waals surface area contributed by atoms with Crippen molar-refractivity contribution in [2.45, 2.75) is 25.3 Å². The first kappa shape index (κ1) is 10.2. The van der Waals surface area contributed by atoms with Crippen LogP contribution in [0.1, 0.15) is 13.8 Å². The summed E-state index contributed by atoms with van der Waals surface area (Å²) in [6.07, 6.45) is 0. The average Bonchev–Trinajstić information content (AvgIpc) is 2.56. The molecule has 2 aliphatic rings. The normalized spacial score (nSPS) is 27.3. The molecule has 80 valence electrons. The maximum absolute atomic E-state index is 11.6. The van der Waals surface area contributed by atoms with Gasteiger partial charge in [0.05, 0.1) is 5.55 Å². The Balaban J connectivity index is 2.29. The average molecular weight is 226 g/mol. The number of β-lactam (4-membered cyclic amide) rings is 1. The molecule has 2 aliphatic heterocycles. The van der Waals surface area contributed by atoms with Crippen LogP contribution < -0.4 is 0 Å². The van der Waals surface area contributed by atoms with E-state index in [4.69, 9.17) is 5.11 Å². The molecule has 0 aromatic heterocycles. The highest BCUT2D eigenvalue weighted by Crippen LogP contribution is 2.39. The Bertz CT molecular complexity index is 398. The summed E-state index contributed by atoms with van der Waals surface area (Å²) in [4.78, 5) is 27.9. The van der Waals surface area contributed by atoms with Gasteiger partial charge >= 0.3 is 5.97 Å². The van der Waals surface area contributed by atoms with Crippen molar-refractivity contribution in [1.82, 2.24) is 4.90 Å². The molecule has 6 heteroatoms. The topological polar surface area (TPSA) is 70.0 Å². The van der Waals surface area contributed by atoms with E-state index in [0.29, 0.717) is 5.57 Å². The van der Waals surface area contributed by atoms with E-state index in [1.807, 2.05) is 0 Å². The largest absolute Gasteiger partial charge is 0.477 e. The number of hydrogen-bond donors (Lipinski definition) is 1. The molecule has 0 spiro atoms. The van der Waals surface area contributed by atoms with Crippen LogP contribution in [0.5, 0.6) is 0 Å². The number of amides is 1. The Hall–Kier alpha value is -1.30. The van der Waals surface area contributed by atoms with Gasteiger partial charge in [-0.15, -0.1) is 0 Å². The lowest BCUT2D eigenvalue weighted by molar-refractivity contribution is -0.147. The molecule has 0 aromatic carbocycles. The van der Waals surface area contributed by atoms with Crippen LogP contribution in [0.4, 0.5) is 0 Å². The van der Waals surface area contributed by atoms with Gasteiger partial charge in [0.1, 0.15) is 11.1 Å². The smallest absolute Gasteiger partial charge is 0.352 e. The number of allylic oxidation sites excluding steroid dienone is 1. The van der Waals surface area contributed by atoms with E-state index in [-0.39, 0.29) is 23.0 Å². The first-order chi connectivity index (χ1) is 7.04. The van der Waals surface area contributed by atoms with Crippen LogP contribution >= 0.6 is 11.8 Å². The lowest BCUT2D eigenvalue weighted by Gasteiger charge is -2.41. The maximum atomic E-state index is 11.6. The van der Waals surface area contributed by atoms with E-state index in [9.17, 15) is 9.59 Å². The Morgan fingerprint density at radius 1 is 1.60 bits per heavy atom. The van der Waals surface area contributed by atoms with E-state index < -0.39 is 5.97 Å². The minimum Gasteiger partial charge on any atom is -0.477 e. The number of fused-ring (bicyclic) bond motifs is 1. The van der Waals surface area contributed by atoms with Crippen molar-refractivity contribution in [3.63, 3.8) is 0 Å². The number of carbonyl (C=O) groups is 2. The van der Waals surface area contributed by atoms with Gasteiger partial charge in [-0.2, -0.15) is 0 Å². The summed E-state index contributed by atoms with van der Waals surface area (Å²) in [5.74, 6) is -1.28. The summed E-state index contributed by atoms with van der Waals surface area (Å²) >= 11 is 1.38. The molecule has 1 saturated heterocycles. The van der Waals surface area contributed by atoms with E-state index in [1.54, 1.807) is 19.4 Å². The fourth-order valence-corrected chi connectivity index (χ4v) is 2.67. The zero-order valence-corrected chi connectivity index (χ0v) is 9.11. The number of rotatable bonds is 2. The second kappa shape index (κ2) is 3.37. The molecule has 0 saturated carbocycles. The molecule has 15 heavy (non-hydrogen) atoms. The standard InChI is InChI=1S/C9H10N2O3S/c1-4(2)6(9(13)14)11-7(12)5-8(11)15-3-10-5/h3,5,8H,1-2H3,(H,13,14). The minimum absolute atomic E-state index is 0.0826. The summed E-state index contributed by atoms with van der Waals surface area (Å²) in [6.45, 7) is 3.37. The molecule has 2 heterocycles. The monoisotopic (exact) mass is 226 g/mol. The number of carbonyl (C=O) groups excluding carboxylic acids is 1. The van der Waals surface area contributed by atoms with Crippen LogP contribution in [0.15, 0.2) is 16.3 Å². The third-order valence-electron chi connectivity index (χ3n) is 2.35. The van der Waals surface area contributed by atoms with Gasteiger partial charge in [-0.3, -0.25) is 14.7 Å². The number of hydrogen-bond acceptors (Lipinski definition) is 4. The number of aliphatic carboxylic acids is 1. The summed E-state index contributed by atoms with van der Waals surface area (Å²) in [6, 6.07) is -0.372. The second-order valence-corrected chi connectivity index (χ2v) is 4.55. The summed E-state index contributed by atoms with van der Waals surface area (Å²) in [5, 5.41) is 8.86. The van der Waals surface area contributed by atoms with Gasteiger partial charge in [-0.25, -0.2) is 4.79 Å². The van der Waals surface area contributed by atoms with Crippen molar-refractivity contribution < 1.29 is 14.7 Å². The number of carboxylic acid groups (broad SMARTS) is 1. The van der Waals surface area contributed by atoms with Crippen LogP contribution in [0.3, 0.4) is 0 Å². The number of thioether (sulfide) groups is 1. The fraction of sp³-hybridized carbons (Fsp3) is 0.444. The highest BCUT2D eigenvalue weighted by Gasteiger charge is 2.52. The van der Waals surface area contributed by atoms with Gasteiger partial charge in [-0.1, -0.05) is 11.8 Å². The zero-order valence-electron chi connectivity index (χ0n) is 8.30. The highest BCUT2D eigenvalue weighted by atomic mass is 32.2. The van der Waals surface area contributed by atoms with Crippen LogP contribution in [0.25, 0.3) is 0 Å². The summed E-state index contributed by atoms with van der Waals surface area (Å²) in [7, 11) is 0. The predicted octanol–water partition coefficient (Wildman–Crippen LogP) is 0.677. The van der Waals surface area contributed by atoms with Crippen molar-refractivity contribution in [2.24, 2.45) is 4.99 Å². The van der Waals surface area contributed by atoms with Gasteiger partial charge in [0.25, 0.3) is 5.91 Å². The quantitative estimate of drug-likeness (QED) is 0.555. The number of aliphatic imine (C=N–C) groups is 1. The first-order valence-electron chi connectivity index (χ1n) is 4.45. The number of carboxylic acids is 1. The van der Waals surface area contributed by atoms with Crippen LogP contribution in [-0.2, 0) is 9.59 Å². The van der Waals surface area contributed by atoms with Crippen LogP contribution in [-0.4, -0.2) is 38.8 Å². The SMILES string of the molecule is CC(C)=C(C(=O)O)N1C(=O)C2N=CSC21. The lowest BCUT2D eigenvalue weighted by Crippen LogP contribution is -2.61. The van der Waals surface area contributed by atoms with Gasteiger partial charge in [0.15, 0.2) is 6.04 Å². The molecule has 0 radical (unpaired) electrons.